The summed E-state index contributed by atoms with van der Waals surface area (Å²) >= 11 is 4.96. The molecule has 1 aromatic carbocycles. The Kier molecular flexibility index (Phi) is 4.77. The smallest absolute Gasteiger partial charge is 0.123 e. The largest absolute Gasteiger partial charge is 0.488 e. The highest BCUT2D eigenvalue weighted by Gasteiger charge is 2.25. The van der Waals surface area contributed by atoms with Crippen molar-refractivity contribution in [2.24, 2.45) is 5.73 Å². The van der Waals surface area contributed by atoms with Crippen molar-refractivity contribution in [1.82, 2.24) is 4.90 Å². The lowest BCUT2D eigenvalue weighted by Gasteiger charge is -2.28. The second kappa shape index (κ2) is 6.35. The highest BCUT2D eigenvalue weighted by atomic mass is 32.1. The van der Waals surface area contributed by atoms with Crippen molar-refractivity contribution in [3.05, 3.63) is 29.8 Å². The third kappa shape index (κ3) is 3.91. The van der Waals surface area contributed by atoms with Gasteiger partial charge in [0.25, 0.3) is 0 Å². The van der Waals surface area contributed by atoms with Gasteiger partial charge < -0.3 is 10.5 Å². The molecule has 1 heterocycles. The molecule has 104 valence electrons. The van der Waals surface area contributed by atoms with E-state index in [9.17, 15) is 0 Å². The maximum Gasteiger partial charge on any atom is 0.123 e. The summed E-state index contributed by atoms with van der Waals surface area (Å²) in [5.74, 6) is 1.03. The molecule has 0 fully saturated rings. The van der Waals surface area contributed by atoms with Gasteiger partial charge in [-0.15, -0.1) is 0 Å². The lowest BCUT2D eigenvalue weighted by molar-refractivity contribution is 0.130. The van der Waals surface area contributed by atoms with E-state index in [0.717, 1.165) is 31.7 Å². The minimum absolute atomic E-state index is 0.242. The van der Waals surface area contributed by atoms with Gasteiger partial charge in [0, 0.05) is 32.0 Å². The van der Waals surface area contributed by atoms with Gasteiger partial charge >= 0.3 is 0 Å². The fourth-order valence-corrected chi connectivity index (χ4v) is 2.52. The van der Waals surface area contributed by atoms with Crippen molar-refractivity contribution in [1.29, 1.82) is 0 Å². The topological polar surface area (TPSA) is 38.5 Å². The van der Waals surface area contributed by atoms with Crippen molar-refractivity contribution in [3.63, 3.8) is 0 Å². The normalized spacial score (nSPS) is 17.6. The number of benzene rings is 1. The summed E-state index contributed by atoms with van der Waals surface area (Å²) in [6.45, 7) is 6.22. The van der Waals surface area contributed by atoms with E-state index < -0.39 is 0 Å². The molecule has 0 bridgehead atoms. The summed E-state index contributed by atoms with van der Waals surface area (Å²) in [4.78, 5) is 2.97. The summed E-state index contributed by atoms with van der Waals surface area (Å²) < 4.78 is 5.99. The van der Waals surface area contributed by atoms with Crippen LogP contribution >= 0.6 is 12.2 Å². The molecule has 0 aromatic heterocycles. The number of ether oxygens (including phenoxy) is 1. The van der Waals surface area contributed by atoms with Gasteiger partial charge in [-0.3, -0.25) is 4.90 Å². The molecule has 0 saturated carbocycles. The van der Waals surface area contributed by atoms with Crippen LogP contribution < -0.4 is 10.5 Å². The van der Waals surface area contributed by atoms with Gasteiger partial charge in [-0.25, -0.2) is 0 Å². The van der Waals surface area contributed by atoms with Crippen LogP contribution in [0.3, 0.4) is 0 Å². The molecule has 0 saturated heterocycles. The molecule has 1 atom stereocenters. The second-order valence-electron chi connectivity index (χ2n) is 5.36. The predicted molar refractivity (Wildman–Crippen MR) is 82.7 cm³/mol. The van der Waals surface area contributed by atoms with Crippen molar-refractivity contribution in [2.75, 3.05) is 13.1 Å². The van der Waals surface area contributed by atoms with Gasteiger partial charge in [0.1, 0.15) is 11.9 Å². The number of hydrogen-bond acceptors (Lipinski definition) is 3. The van der Waals surface area contributed by atoms with Gasteiger partial charge in [0.05, 0.1) is 4.99 Å². The molecule has 1 unspecified atom stereocenters. The molecule has 2 rings (SSSR count). The Labute approximate surface area is 120 Å². The molecule has 1 aliphatic heterocycles. The summed E-state index contributed by atoms with van der Waals surface area (Å²) in [5.41, 5.74) is 6.90. The number of fused-ring (bicyclic) bond motifs is 1. The lowest BCUT2D eigenvalue weighted by atomic mass is 10.1. The zero-order valence-electron chi connectivity index (χ0n) is 11.6. The van der Waals surface area contributed by atoms with Crippen LogP contribution in [-0.4, -0.2) is 35.1 Å². The van der Waals surface area contributed by atoms with E-state index in [4.69, 9.17) is 22.7 Å². The maximum absolute atomic E-state index is 5.99. The van der Waals surface area contributed by atoms with Crippen molar-refractivity contribution in [3.8, 4) is 5.75 Å². The van der Waals surface area contributed by atoms with Gasteiger partial charge in [-0.2, -0.15) is 0 Å². The first kappa shape index (κ1) is 14.3. The number of nitrogens with zero attached hydrogens (tertiary/aromatic N) is 1. The fourth-order valence-electron chi connectivity index (χ4n) is 2.43. The summed E-state index contributed by atoms with van der Waals surface area (Å²) in [6, 6.07) is 8.75. The van der Waals surface area contributed by atoms with Crippen LogP contribution in [0.15, 0.2) is 24.3 Å². The minimum Gasteiger partial charge on any atom is -0.488 e. The van der Waals surface area contributed by atoms with Gasteiger partial charge in [-0.1, -0.05) is 30.4 Å². The Balaban J connectivity index is 1.91. The SMILES string of the molecule is CC(C)N(CCC(N)=S)CC1Cc2ccccc2O1. The minimum atomic E-state index is 0.242. The number of nitrogens with two attached hydrogens (primary N) is 1. The Bertz CT molecular complexity index is 423. The van der Waals surface area contributed by atoms with Crippen LogP contribution in [0, 0.1) is 0 Å². The zero-order valence-corrected chi connectivity index (χ0v) is 12.5. The third-order valence-electron chi connectivity index (χ3n) is 3.53. The Morgan fingerprint density at radius 1 is 1.47 bits per heavy atom. The molecular formula is C15H22N2OS. The molecule has 0 radical (unpaired) electrons. The number of hydrogen-bond donors (Lipinski definition) is 1. The molecule has 1 aromatic rings. The van der Waals surface area contributed by atoms with Crippen LogP contribution in [0.5, 0.6) is 5.75 Å². The van der Waals surface area contributed by atoms with Crippen LogP contribution in [0.4, 0.5) is 0 Å². The average Bonchev–Trinajstić information content (AvgIpc) is 2.76. The monoisotopic (exact) mass is 278 g/mol. The summed E-state index contributed by atoms with van der Waals surface area (Å²) in [6.07, 6.45) is 2.01. The van der Waals surface area contributed by atoms with E-state index in [0.29, 0.717) is 11.0 Å². The Morgan fingerprint density at radius 3 is 2.84 bits per heavy atom. The lowest BCUT2D eigenvalue weighted by Crippen LogP contribution is -2.40. The fraction of sp³-hybridized carbons (Fsp3) is 0.533. The third-order valence-corrected chi connectivity index (χ3v) is 3.73. The van der Waals surface area contributed by atoms with Crippen molar-refractivity contribution < 1.29 is 4.74 Å². The van der Waals surface area contributed by atoms with E-state index in [1.54, 1.807) is 0 Å². The molecule has 3 nitrogen and oxygen atoms in total. The van der Waals surface area contributed by atoms with E-state index in [1.807, 2.05) is 12.1 Å². The van der Waals surface area contributed by atoms with Crippen LogP contribution in [0.25, 0.3) is 0 Å². The molecular weight excluding hydrogens is 256 g/mol. The van der Waals surface area contributed by atoms with E-state index in [2.05, 4.69) is 30.9 Å². The molecule has 4 heteroatoms. The first-order chi connectivity index (χ1) is 9.06. The van der Waals surface area contributed by atoms with Gasteiger partial charge in [0.15, 0.2) is 0 Å². The highest BCUT2D eigenvalue weighted by molar-refractivity contribution is 7.80. The van der Waals surface area contributed by atoms with Crippen LogP contribution in [-0.2, 0) is 6.42 Å². The van der Waals surface area contributed by atoms with Crippen LogP contribution in [0.2, 0.25) is 0 Å². The second-order valence-corrected chi connectivity index (χ2v) is 5.88. The first-order valence-corrected chi connectivity index (χ1v) is 7.24. The average molecular weight is 278 g/mol. The molecule has 0 spiro atoms. The zero-order chi connectivity index (χ0) is 13.8. The quantitative estimate of drug-likeness (QED) is 0.811. The summed E-state index contributed by atoms with van der Waals surface area (Å²) in [5, 5.41) is 0. The van der Waals surface area contributed by atoms with E-state index in [1.165, 1.54) is 5.56 Å². The predicted octanol–water partition coefficient (Wildman–Crippen LogP) is 2.38. The van der Waals surface area contributed by atoms with Crippen molar-refractivity contribution in [2.45, 2.75) is 38.8 Å². The maximum atomic E-state index is 5.99. The molecule has 1 aliphatic rings. The van der Waals surface area contributed by atoms with E-state index >= 15 is 0 Å². The van der Waals surface area contributed by atoms with Crippen LogP contribution in [0.1, 0.15) is 25.8 Å². The summed E-state index contributed by atoms with van der Waals surface area (Å²) in [7, 11) is 0. The molecule has 0 aliphatic carbocycles. The molecule has 0 amide bonds. The highest BCUT2D eigenvalue weighted by Crippen LogP contribution is 2.28. The number of rotatable bonds is 6. The van der Waals surface area contributed by atoms with Gasteiger partial charge in [-0.05, 0) is 25.5 Å². The molecule has 19 heavy (non-hydrogen) atoms. The van der Waals surface area contributed by atoms with E-state index in [-0.39, 0.29) is 6.10 Å². The standard InChI is InChI=1S/C15H22N2OS/c1-11(2)17(8-7-15(16)19)10-13-9-12-5-3-4-6-14(12)18-13/h3-6,11,13H,7-10H2,1-2H3,(H2,16,19). The first-order valence-electron chi connectivity index (χ1n) is 6.83. The Morgan fingerprint density at radius 2 is 2.21 bits per heavy atom. The van der Waals surface area contributed by atoms with Gasteiger partial charge in [0.2, 0.25) is 0 Å². The molecule has 2 N–H and O–H groups in total. The van der Waals surface area contributed by atoms with Crippen molar-refractivity contribution >= 4 is 17.2 Å². The Hall–Kier alpha value is -1.13. The number of thiocarbonyl (C=S) groups is 1. The number of para-hydroxylation sites is 1.